The van der Waals surface area contributed by atoms with E-state index in [0.717, 1.165) is 42.1 Å². The van der Waals surface area contributed by atoms with Gasteiger partial charge in [-0.05, 0) is 74.9 Å². The largest absolute Gasteiger partial charge is 0.252 e. The van der Waals surface area contributed by atoms with E-state index >= 15 is 0 Å². The average Bonchev–Trinajstić information content (AvgIpc) is 2.68. The molecule has 0 unspecified atom stereocenters. The second kappa shape index (κ2) is 13.5. The molecule has 0 saturated heterocycles. The Morgan fingerprint density at radius 2 is 1.29 bits per heavy atom. The predicted octanol–water partition coefficient (Wildman–Crippen LogP) is 7.92. The van der Waals surface area contributed by atoms with Crippen LogP contribution in [-0.4, -0.2) is 11.4 Å². The molecule has 0 bridgehead atoms. The van der Waals surface area contributed by atoms with E-state index in [4.69, 9.17) is 9.98 Å². The van der Waals surface area contributed by atoms with Gasteiger partial charge in [0.2, 0.25) is 0 Å². The first-order valence-corrected chi connectivity index (χ1v) is 10.4. The van der Waals surface area contributed by atoms with Crippen LogP contribution >= 0.6 is 0 Å². The normalized spacial score (nSPS) is 12.0. The molecule has 0 saturated carbocycles. The summed E-state index contributed by atoms with van der Waals surface area (Å²) in [5.41, 5.74) is 6.97. The van der Waals surface area contributed by atoms with Crippen LogP contribution in [0.25, 0.3) is 0 Å². The molecule has 0 radical (unpaired) electrons. The fourth-order valence-electron chi connectivity index (χ4n) is 3.03. The zero-order valence-electron chi connectivity index (χ0n) is 17.8. The molecule has 2 nitrogen and oxygen atoms in total. The molecular formula is C25H34N2Ni. The van der Waals surface area contributed by atoms with Gasteiger partial charge < -0.3 is 0 Å². The van der Waals surface area contributed by atoms with Crippen molar-refractivity contribution in [1.82, 2.24) is 0 Å². The van der Waals surface area contributed by atoms with E-state index in [2.05, 4.69) is 70.2 Å². The number of nitrogens with zero attached hydrogens (tertiary/aromatic N) is 2. The maximum atomic E-state index is 5.06. The van der Waals surface area contributed by atoms with Gasteiger partial charge in [-0.15, -0.1) is 0 Å². The van der Waals surface area contributed by atoms with Crippen molar-refractivity contribution in [3.05, 3.63) is 59.7 Å². The molecule has 0 fully saturated rings. The van der Waals surface area contributed by atoms with Crippen molar-refractivity contribution >= 4 is 22.8 Å². The number of benzene rings is 2. The zero-order chi connectivity index (χ0) is 19.5. The standard InChI is InChI=1S/C25H34N2.Ni/c1-5-7-10-16-25(26-22-13-11-9-12-14-22)24(15-8-6-2)27-23-18-17-20(3)21(4)19-23;/h9,11-14,17-19H,5-8,10,15-16H2,1-4H3;. The van der Waals surface area contributed by atoms with Crippen LogP contribution in [0.5, 0.6) is 0 Å². The van der Waals surface area contributed by atoms with E-state index < -0.39 is 0 Å². The van der Waals surface area contributed by atoms with Crippen molar-refractivity contribution in [3.8, 4) is 0 Å². The SMILES string of the molecule is CCCCCC(=Nc1ccccc1)C(CCCC)=Nc1ccc(C)c(C)c1.[Ni]. The molecule has 2 aromatic rings. The van der Waals surface area contributed by atoms with Crippen LogP contribution in [0, 0.1) is 13.8 Å². The molecule has 2 aromatic carbocycles. The molecule has 0 heterocycles. The van der Waals surface area contributed by atoms with Gasteiger partial charge in [-0.2, -0.15) is 0 Å². The van der Waals surface area contributed by atoms with E-state index in [9.17, 15) is 0 Å². The average molecular weight is 421 g/mol. The molecule has 0 aliphatic heterocycles. The Hall–Kier alpha value is -1.73. The predicted molar refractivity (Wildman–Crippen MR) is 120 cm³/mol. The van der Waals surface area contributed by atoms with Crippen molar-refractivity contribution in [2.24, 2.45) is 9.98 Å². The van der Waals surface area contributed by atoms with Gasteiger partial charge in [0, 0.05) is 16.5 Å². The van der Waals surface area contributed by atoms with Gasteiger partial charge in [0.05, 0.1) is 22.8 Å². The third-order valence-corrected chi connectivity index (χ3v) is 4.89. The van der Waals surface area contributed by atoms with Gasteiger partial charge in [0.15, 0.2) is 0 Å². The number of hydrogen-bond acceptors (Lipinski definition) is 2. The Morgan fingerprint density at radius 1 is 0.679 bits per heavy atom. The van der Waals surface area contributed by atoms with Crippen LogP contribution in [0.3, 0.4) is 0 Å². The van der Waals surface area contributed by atoms with Gasteiger partial charge in [-0.3, -0.25) is 9.98 Å². The van der Waals surface area contributed by atoms with Crippen molar-refractivity contribution in [2.75, 3.05) is 0 Å². The smallest absolute Gasteiger partial charge is 0.0636 e. The molecule has 0 N–H and O–H groups in total. The van der Waals surface area contributed by atoms with E-state index in [0.29, 0.717) is 0 Å². The van der Waals surface area contributed by atoms with Crippen molar-refractivity contribution < 1.29 is 16.5 Å². The summed E-state index contributed by atoms with van der Waals surface area (Å²) in [6.07, 6.45) is 7.91. The summed E-state index contributed by atoms with van der Waals surface area (Å²) in [6, 6.07) is 16.8. The third kappa shape index (κ3) is 8.11. The van der Waals surface area contributed by atoms with Crippen LogP contribution in [0.15, 0.2) is 58.5 Å². The molecule has 0 aromatic heterocycles. The maximum absolute atomic E-state index is 5.06. The second-order valence-electron chi connectivity index (χ2n) is 7.28. The quantitative estimate of drug-likeness (QED) is 0.212. The minimum absolute atomic E-state index is 0. The Morgan fingerprint density at radius 3 is 1.89 bits per heavy atom. The van der Waals surface area contributed by atoms with E-state index in [1.165, 1.54) is 36.8 Å². The number of aliphatic imine (C=N–C) groups is 2. The van der Waals surface area contributed by atoms with Crippen LogP contribution in [0.2, 0.25) is 0 Å². The number of unbranched alkanes of at least 4 members (excludes halogenated alkanes) is 3. The number of aryl methyl sites for hydroxylation is 2. The molecule has 3 heteroatoms. The number of hydrogen-bond donors (Lipinski definition) is 0. The van der Waals surface area contributed by atoms with Crippen LogP contribution in [0.1, 0.15) is 69.9 Å². The summed E-state index contributed by atoms with van der Waals surface area (Å²) in [7, 11) is 0. The molecule has 0 amide bonds. The van der Waals surface area contributed by atoms with Crippen LogP contribution in [0.4, 0.5) is 11.4 Å². The summed E-state index contributed by atoms with van der Waals surface area (Å²) in [5.74, 6) is 0. The monoisotopic (exact) mass is 420 g/mol. The fourth-order valence-corrected chi connectivity index (χ4v) is 3.03. The molecule has 154 valence electrons. The second-order valence-corrected chi connectivity index (χ2v) is 7.28. The van der Waals surface area contributed by atoms with Gasteiger partial charge in [-0.25, -0.2) is 0 Å². The molecule has 0 aliphatic rings. The molecule has 0 aliphatic carbocycles. The summed E-state index contributed by atoms with van der Waals surface area (Å²) >= 11 is 0. The summed E-state index contributed by atoms with van der Waals surface area (Å²) in [5, 5.41) is 0. The molecular weight excluding hydrogens is 387 g/mol. The molecule has 0 atom stereocenters. The minimum Gasteiger partial charge on any atom is -0.252 e. The fraction of sp³-hybridized carbons (Fsp3) is 0.440. The number of rotatable bonds is 10. The summed E-state index contributed by atoms with van der Waals surface area (Å²) in [6.45, 7) is 8.78. The Balaban J connectivity index is 0.00000392. The Kier molecular flexibility index (Phi) is 11.7. The number of para-hydroxylation sites is 1. The van der Waals surface area contributed by atoms with E-state index in [-0.39, 0.29) is 16.5 Å². The Bertz CT molecular complexity index is 763. The van der Waals surface area contributed by atoms with Gasteiger partial charge >= 0.3 is 0 Å². The maximum Gasteiger partial charge on any atom is 0.0636 e. The molecule has 2 rings (SSSR count). The Labute approximate surface area is 181 Å². The van der Waals surface area contributed by atoms with Crippen LogP contribution < -0.4 is 0 Å². The summed E-state index contributed by atoms with van der Waals surface area (Å²) < 4.78 is 0. The molecule has 0 spiro atoms. The van der Waals surface area contributed by atoms with Crippen molar-refractivity contribution in [3.63, 3.8) is 0 Å². The topological polar surface area (TPSA) is 24.7 Å². The van der Waals surface area contributed by atoms with Crippen LogP contribution in [-0.2, 0) is 16.5 Å². The summed E-state index contributed by atoms with van der Waals surface area (Å²) in [4.78, 5) is 10.1. The van der Waals surface area contributed by atoms with Crippen molar-refractivity contribution in [1.29, 1.82) is 0 Å². The van der Waals surface area contributed by atoms with Crippen molar-refractivity contribution in [2.45, 2.75) is 72.6 Å². The zero-order valence-corrected chi connectivity index (χ0v) is 18.8. The van der Waals surface area contributed by atoms with Gasteiger partial charge in [-0.1, -0.05) is 57.4 Å². The minimum atomic E-state index is 0. The first-order chi connectivity index (χ1) is 13.1. The van der Waals surface area contributed by atoms with E-state index in [1.807, 2.05) is 6.07 Å². The first kappa shape index (κ1) is 24.3. The van der Waals surface area contributed by atoms with Gasteiger partial charge in [0.1, 0.15) is 0 Å². The third-order valence-electron chi connectivity index (χ3n) is 4.89. The van der Waals surface area contributed by atoms with E-state index in [1.54, 1.807) is 0 Å². The van der Waals surface area contributed by atoms with Gasteiger partial charge in [0.25, 0.3) is 0 Å². The first-order valence-electron chi connectivity index (χ1n) is 10.4. The molecule has 28 heavy (non-hydrogen) atoms.